The highest BCUT2D eigenvalue weighted by molar-refractivity contribution is 7.53. The topological polar surface area (TPSA) is 44.8 Å². The Morgan fingerprint density at radius 2 is 1.88 bits per heavy atom. The molecule has 0 bridgehead atoms. The fourth-order valence-electron chi connectivity index (χ4n) is 0.989. The number of ether oxygens (including phenoxy) is 1. The summed E-state index contributed by atoms with van der Waals surface area (Å²) >= 11 is 5.51. The molecule has 0 rings (SSSR count). The first-order chi connectivity index (χ1) is 7.68. The van der Waals surface area contributed by atoms with Gasteiger partial charge >= 0.3 is 7.60 Å². The maximum Gasteiger partial charge on any atom is 0.356 e. The number of rotatable bonds is 11. The third-order valence-corrected chi connectivity index (χ3v) is 3.78. The van der Waals surface area contributed by atoms with Crippen LogP contribution in [-0.4, -0.2) is 32.0 Å². The summed E-state index contributed by atoms with van der Waals surface area (Å²) in [6.07, 6.45) is 2.69. The van der Waals surface area contributed by atoms with Crippen LogP contribution >= 0.6 is 19.2 Å². The van der Waals surface area contributed by atoms with E-state index in [1.165, 1.54) is 0 Å². The van der Waals surface area contributed by atoms with Gasteiger partial charge in [-0.2, -0.15) is 0 Å². The first-order valence-electron chi connectivity index (χ1n) is 5.70. The van der Waals surface area contributed by atoms with Crippen molar-refractivity contribution < 1.29 is 18.3 Å². The molecule has 0 aromatic carbocycles. The van der Waals surface area contributed by atoms with Gasteiger partial charge in [-0.05, 0) is 19.8 Å². The van der Waals surface area contributed by atoms with Gasteiger partial charge < -0.3 is 13.8 Å². The Bertz CT molecular complexity index is 201. The van der Waals surface area contributed by atoms with Gasteiger partial charge in [-0.25, -0.2) is 0 Å². The lowest BCUT2D eigenvalue weighted by Crippen LogP contribution is -2.05. The highest BCUT2D eigenvalue weighted by Gasteiger charge is 2.23. The molecule has 4 nitrogen and oxygen atoms in total. The quantitative estimate of drug-likeness (QED) is 0.327. The Morgan fingerprint density at radius 3 is 2.44 bits per heavy atom. The molecule has 0 fully saturated rings. The molecule has 6 heteroatoms. The molecular formula is C10H22ClO4P. The van der Waals surface area contributed by atoms with Crippen molar-refractivity contribution in [3.63, 3.8) is 0 Å². The lowest BCUT2D eigenvalue weighted by molar-refractivity contribution is 0.128. The van der Waals surface area contributed by atoms with Crippen LogP contribution in [0, 0.1) is 0 Å². The monoisotopic (exact) mass is 272 g/mol. The molecule has 0 aliphatic carbocycles. The summed E-state index contributed by atoms with van der Waals surface area (Å²) in [5.74, 6) is 0.489. The van der Waals surface area contributed by atoms with E-state index >= 15 is 0 Å². The van der Waals surface area contributed by atoms with E-state index in [0.29, 0.717) is 32.1 Å². The molecule has 0 aromatic heterocycles. The van der Waals surface area contributed by atoms with Gasteiger partial charge in [-0.1, -0.05) is 13.3 Å². The predicted octanol–water partition coefficient (Wildman–Crippen LogP) is 3.64. The van der Waals surface area contributed by atoms with Crippen molar-refractivity contribution in [3.05, 3.63) is 0 Å². The Kier molecular flexibility index (Phi) is 10.8. The molecule has 1 atom stereocenters. The summed E-state index contributed by atoms with van der Waals surface area (Å²) < 4.78 is 27.7. The highest BCUT2D eigenvalue weighted by atomic mass is 35.5. The zero-order valence-corrected chi connectivity index (χ0v) is 11.8. The van der Waals surface area contributed by atoms with Crippen molar-refractivity contribution >= 4 is 19.2 Å². The molecular weight excluding hydrogens is 251 g/mol. The zero-order chi connectivity index (χ0) is 12.3. The smallest absolute Gasteiger partial charge is 0.356 e. The zero-order valence-electron chi connectivity index (χ0n) is 10.1. The van der Waals surface area contributed by atoms with Crippen LogP contribution in [-0.2, 0) is 18.3 Å². The number of alkyl halides is 1. The molecule has 0 aromatic rings. The van der Waals surface area contributed by atoms with Crippen molar-refractivity contribution in [1.82, 2.24) is 0 Å². The average molecular weight is 273 g/mol. The molecule has 0 heterocycles. The fraction of sp³-hybridized carbons (Fsp3) is 1.00. The minimum absolute atomic E-state index is 0.0309. The molecule has 1 unspecified atom stereocenters. The minimum atomic E-state index is -3.07. The van der Waals surface area contributed by atoms with E-state index < -0.39 is 7.60 Å². The second kappa shape index (κ2) is 10.5. The van der Waals surface area contributed by atoms with Gasteiger partial charge in [0, 0.05) is 12.5 Å². The van der Waals surface area contributed by atoms with Crippen LogP contribution in [0.4, 0.5) is 0 Å². The van der Waals surface area contributed by atoms with Gasteiger partial charge in [-0.3, -0.25) is 4.57 Å². The standard InChI is InChI=1S/C10H22ClO4P/c1-3-5-8-13-10-16(12,14-4-2)15-9-6-7-11/h3-10H2,1-2H3. The van der Waals surface area contributed by atoms with E-state index in [4.69, 9.17) is 25.4 Å². The number of unbranched alkanes of at least 4 members (excludes halogenated alkanes) is 1. The summed E-state index contributed by atoms with van der Waals surface area (Å²) in [4.78, 5) is 0. The Balaban J connectivity index is 3.86. The molecule has 98 valence electrons. The van der Waals surface area contributed by atoms with E-state index in [9.17, 15) is 4.57 Å². The van der Waals surface area contributed by atoms with Crippen molar-refractivity contribution in [1.29, 1.82) is 0 Å². The number of halogens is 1. The SMILES string of the molecule is CCCCOCP(=O)(OCC)OCCCCl. The average Bonchev–Trinajstić information content (AvgIpc) is 2.25. The van der Waals surface area contributed by atoms with Crippen molar-refractivity contribution in [3.8, 4) is 0 Å². The van der Waals surface area contributed by atoms with Crippen LogP contribution in [0.1, 0.15) is 33.1 Å². The van der Waals surface area contributed by atoms with Crippen LogP contribution < -0.4 is 0 Å². The van der Waals surface area contributed by atoms with Gasteiger partial charge in [0.1, 0.15) is 6.35 Å². The number of hydrogen-bond acceptors (Lipinski definition) is 4. The Morgan fingerprint density at radius 1 is 1.12 bits per heavy atom. The summed E-state index contributed by atoms with van der Waals surface area (Å²) in [5, 5.41) is 0. The molecule has 0 saturated carbocycles. The lowest BCUT2D eigenvalue weighted by Gasteiger charge is -2.17. The van der Waals surface area contributed by atoms with Gasteiger partial charge in [-0.15, -0.1) is 11.6 Å². The van der Waals surface area contributed by atoms with E-state index in [-0.39, 0.29) is 6.35 Å². The lowest BCUT2D eigenvalue weighted by atomic mass is 10.4. The van der Waals surface area contributed by atoms with Crippen molar-refractivity contribution in [2.45, 2.75) is 33.1 Å². The van der Waals surface area contributed by atoms with E-state index in [1.807, 2.05) is 0 Å². The van der Waals surface area contributed by atoms with Crippen molar-refractivity contribution in [2.24, 2.45) is 0 Å². The Labute approximate surface area is 103 Å². The van der Waals surface area contributed by atoms with Crippen LogP contribution in [0.5, 0.6) is 0 Å². The summed E-state index contributed by atoms with van der Waals surface area (Å²) in [7, 11) is -3.07. The van der Waals surface area contributed by atoms with E-state index in [1.54, 1.807) is 6.92 Å². The first kappa shape index (κ1) is 16.4. The third-order valence-electron chi connectivity index (χ3n) is 1.78. The maximum atomic E-state index is 12.0. The van der Waals surface area contributed by atoms with Crippen molar-refractivity contribution in [2.75, 3.05) is 32.0 Å². The molecule has 0 spiro atoms. The fourth-order valence-corrected chi connectivity index (χ4v) is 2.48. The minimum Gasteiger partial charge on any atom is -0.369 e. The second-order valence-corrected chi connectivity index (χ2v) is 5.67. The second-order valence-electron chi connectivity index (χ2n) is 3.30. The molecule has 0 aliphatic rings. The normalized spacial score (nSPS) is 14.9. The van der Waals surface area contributed by atoms with Gasteiger partial charge in [0.15, 0.2) is 0 Å². The van der Waals surface area contributed by atoms with Crippen LogP contribution in [0.3, 0.4) is 0 Å². The van der Waals surface area contributed by atoms with Crippen LogP contribution in [0.25, 0.3) is 0 Å². The maximum absolute atomic E-state index is 12.0. The predicted molar refractivity (Wildman–Crippen MR) is 66.2 cm³/mol. The van der Waals surface area contributed by atoms with Crippen LogP contribution in [0.15, 0.2) is 0 Å². The van der Waals surface area contributed by atoms with Gasteiger partial charge in [0.05, 0.1) is 13.2 Å². The number of hydrogen-bond donors (Lipinski definition) is 0. The molecule has 0 aliphatic heterocycles. The van der Waals surface area contributed by atoms with E-state index in [0.717, 1.165) is 12.8 Å². The van der Waals surface area contributed by atoms with Gasteiger partial charge in [0.2, 0.25) is 0 Å². The molecule has 0 amide bonds. The largest absolute Gasteiger partial charge is 0.369 e. The highest BCUT2D eigenvalue weighted by Crippen LogP contribution is 2.48. The summed E-state index contributed by atoms with van der Waals surface area (Å²) in [6, 6.07) is 0. The molecule has 0 radical (unpaired) electrons. The van der Waals surface area contributed by atoms with E-state index in [2.05, 4.69) is 6.92 Å². The summed E-state index contributed by atoms with van der Waals surface area (Å²) in [5.41, 5.74) is 0. The van der Waals surface area contributed by atoms with Crippen LogP contribution in [0.2, 0.25) is 0 Å². The first-order valence-corrected chi connectivity index (χ1v) is 7.96. The molecule has 0 saturated heterocycles. The Hall–Kier alpha value is 0.400. The van der Waals surface area contributed by atoms with Gasteiger partial charge in [0.25, 0.3) is 0 Å². The molecule has 0 N–H and O–H groups in total. The third kappa shape index (κ3) is 8.54. The molecule has 16 heavy (non-hydrogen) atoms. The summed E-state index contributed by atoms with van der Waals surface area (Å²) in [6.45, 7) is 5.14.